The number of carbonyl (C=O) groups excluding carboxylic acids is 5. The standard InChI is InChI=1S/C64H89N9O7/c1-47(2)61(77)70-33-21-16-27-56(65-9)59(75)38-50(39-60(76)80-64(6,7)8)62(78)71-57(40-63(3,4)5)58(74)28-11-10-22-34-79-55-36-48(41-72(43-51-23-12-17-29-66-51)44-52-24-13-18-30-67-52)35-49(37-55)42-73(45-53-25-14-19-31-68-53)46-54-26-15-20-32-69-54/h12-15,17-20,23-26,29-32,35-37,47,50,56-57,65H,10-11,16,21-22,27-28,33-34,38-46H2,1-9H3,(H,70,77)(H,71,78)/t50-,56-,57-/m0/s1. The number of ketones is 2. The number of unbranched alkanes of at least 4 members (excludes halogenated alkanes) is 3. The molecule has 5 rings (SSSR count). The highest BCUT2D eigenvalue weighted by Gasteiger charge is 2.33. The van der Waals surface area contributed by atoms with E-state index < -0.39 is 35.5 Å². The molecule has 4 heterocycles. The minimum absolute atomic E-state index is 0.0217. The second kappa shape index (κ2) is 33.1. The molecular weight excluding hydrogens is 1010 g/mol. The number of esters is 1. The molecule has 0 saturated carbocycles. The maximum absolute atomic E-state index is 14.2. The van der Waals surface area contributed by atoms with Crippen LogP contribution in [0.15, 0.2) is 116 Å². The summed E-state index contributed by atoms with van der Waals surface area (Å²) in [6.07, 6.45) is 11.2. The van der Waals surface area contributed by atoms with Gasteiger partial charge in [0.25, 0.3) is 0 Å². The monoisotopic (exact) mass is 1100 g/mol. The number of ether oxygens (including phenoxy) is 2. The van der Waals surface area contributed by atoms with Crippen molar-refractivity contribution in [3.8, 4) is 5.75 Å². The summed E-state index contributed by atoms with van der Waals surface area (Å²) in [6, 6.07) is 29.0. The van der Waals surface area contributed by atoms with Crippen molar-refractivity contribution in [1.82, 2.24) is 45.7 Å². The van der Waals surface area contributed by atoms with Crippen molar-refractivity contribution in [2.45, 2.75) is 177 Å². The van der Waals surface area contributed by atoms with Gasteiger partial charge in [-0.25, -0.2) is 0 Å². The van der Waals surface area contributed by atoms with E-state index in [1.165, 1.54) is 0 Å². The van der Waals surface area contributed by atoms with E-state index in [2.05, 4.69) is 63.9 Å². The van der Waals surface area contributed by atoms with Gasteiger partial charge in [-0.05, 0) is 150 Å². The largest absolute Gasteiger partial charge is 0.494 e. The molecule has 2 amide bonds. The fourth-order valence-electron chi connectivity index (χ4n) is 9.40. The molecule has 0 radical (unpaired) electrons. The molecule has 0 saturated heterocycles. The Labute approximate surface area is 476 Å². The summed E-state index contributed by atoms with van der Waals surface area (Å²) < 4.78 is 12.2. The van der Waals surface area contributed by atoms with Crippen LogP contribution in [0.4, 0.5) is 0 Å². The van der Waals surface area contributed by atoms with E-state index in [1.54, 1.807) is 27.8 Å². The fraction of sp³-hybridized carbons (Fsp3) is 0.516. The number of pyridine rings is 4. The van der Waals surface area contributed by atoms with Crippen molar-refractivity contribution >= 4 is 29.4 Å². The zero-order valence-electron chi connectivity index (χ0n) is 49.0. The van der Waals surface area contributed by atoms with Crippen LogP contribution in [-0.4, -0.2) is 97.0 Å². The molecule has 0 fully saturated rings. The van der Waals surface area contributed by atoms with Gasteiger partial charge in [0.15, 0.2) is 11.6 Å². The van der Waals surface area contributed by atoms with Crippen molar-refractivity contribution in [3.63, 3.8) is 0 Å². The quantitative estimate of drug-likeness (QED) is 0.0256. The predicted molar refractivity (Wildman–Crippen MR) is 312 cm³/mol. The Balaban J connectivity index is 1.27. The van der Waals surface area contributed by atoms with E-state index in [0.717, 1.165) is 39.7 Å². The third-order valence-electron chi connectivity index (χ3n) is 13.3. The van der Waals surface area contributed by atoms with Crippen LogP contribution >= 0.6 is 0 Å². The normalized spacial score (nSPS) is 12.9. The van der Waals surface area contributed by atoms with E-state index >= 15 is 0 Å². The number of nitrogens with one attached hydrogen (secondary N) is 3. The fourth-order valence-corrected chi connectivity index (χ4v) is 9.40. The average molecular weight is 1100 g/mol. The van der Waals surface area contributed by atoms with Gasteiger partial charge in [0.1, 0.15) is 11.4 Å². The van der Waals surface area contributed by atoms with Gasteiger partial charge in [0, 0.05) is 89.4 Å². The van der Waals surface area contributed by atoms with Gasteiger partial charge >= 0.3 is 5.97 Å². The van der Waals surface area contributed by atoms with Crippen molar-refractivity contribution in [2.24, 2.45) is 17.3 Å². The van der Waals surface area contributed by atoms with Gasteiger partial charge in [0.05, 0.1) is 53.8 Å². The first-order valence-electron chi connectivity index (χ1n) is 28.5. The van der Waals surface area contributed by atoms with Crippen LogP contribution in [0.25, 0.3) is 0 Å². The van der Waals surface area contributed by atoms with Crippen molar-refractivity contribution in [2.75, 3.05) is 20.2 Å². The molecule has 0 spiro atoms. The Kier molecular flexibility index (Phi) is 26.5. The maximum Gasteiger partial charge on any atom is 0.307 e. The molecule has 0 aliphatic carbocycles. The summed E-state index contributed by atoms with van der Waals surface area (Å²) in [4.78, 5) is 90.7. The van der Waals surface area contributed by atoms with Crippen LogP contribution in [0.1, 0.15) is 154 Å². The van der Waals surface area contributed by atoms with Crippen LogP contribution in [0.2, 0.25) is 0 Å². The smallest absolute Gasteiger partial charge is 0.307 e. The molecule has 0 aliphatic rings. The number of amides is 2. The minimum atomic E-state index is -1.04. The molecule has 80 heavy (non-hydrogen) atoms. The van der Waals surface area contributed by atoms with Gasteiger partial charge in [-0.1, -0.05) is 65.0 Å². The Morgan fingerprint density at radius 3 is 1.52 bits per heavy atom. The minimum Gasteiger partial charge on any atom is -0.494 e. The Morgan fingerprint density at radius 1 is 0.575 bits per heavy atom. The van der Waals surface area contributed by atoms with Gasteiger partial charge in [-0.15, -0.1) is 0 Å². The van der Waals surface area contributed by atoms with E-state index in [1.807, 2.05) is 132 Å². The average Bonchev–Trinajstić information content (AvgIpc) is 3.42. The highest BCUT2D eigenvalue weighted by atomic mass is 16.6. The van der Waals surface area contributed by atoms with Gasteiger partial charge in [-0.3, -0.25) is 53.7 Å². The van der Waals surface area contributed by atoms with E-state index in [9.17, 15) is 24.0 Å². The summed E-state index contributed by atoms with van der Waals surface area (Å²) in [5, 5.41) is 8.98. The molecule has 3 atom stereocenters. The summed E-state index contributed by atoms with van der Waals surface area (Å²) in [5.74, 6) is -1.86. The number of rotatable bonds is 35. The van der Waals surface area contributed by atoms with E-state index in [0.29, 0.717) is 97.4 Å². The lowest BCUT2D eigenvalue weighted by Crippen LogP contribution is -2.47. The zero-order chi connectivity index (χ0) is 57.9. The molecule has 16 nitrogen and oxygen atoms in total. The van der Waals surface area contributed by atoms with Gasteiger partial charge in [-0.2, -0.15) is 0 Å². The zero-order valence-corrected chi connectivity index (χ0v) is 49.0. The number of nitrogens with zero attached hydrogens (tertiary/aromatic N) is 6. The number of likely N-dealkylation sites (N-methyl/N-ethyl adjacent to an activating group) is 1. The van der Waals surface area contributed by atoms with Gasteiger partial charge in [0.2, 0.25) is 11.8 Å². The molecule has 16 heteroatoms. The molecular formula is C64H89N9O7. The SMILES string of the molecule is CN[C@@H](CCCCNC(=O)C(C)C)C(=O)C[C@@H](CC(=O)OC(C)(C)C)C(=O)N[C@@H](CC(C)(C)C)C(=O)CCCCCOc1cc(CN(Cc2ccccn2)Cc2ccccn2)cc(CN(Cc2ccccn2)Cc2ccccn2)c1. The van der Waals surface area contributed by atoms with Crippen molar-refractivity contribution in [1.29, 1.82) is 0 Å². The molecule has 5 aromatic rings. The molecule has 3 N–H and O–H groups in total. The topological polar surface area (TPSA) is 198 Å². The van der Waals surface area contributed by atoms with E-state index in [-0.39, 0.29) is 48.1 Å². The number of hydrogen-bond acceptors (Lipinski definition) is 14. The molecule has 0 aliphatic heterocycles. The highest BCUT2D eigenvalue weighted by molar-refractivity contribution is 5.94. The lowest BCUT2D eigenvalue weighted by atomic mass is 9.85. The van der Waals surface area contributed by atoms with Crippen molar-refractivity contribution in [3.05, 3.63) is 150 Å². The molecule has 0 unspecified atom stereocenters. The summed E-state index contributed by atoms with van der Waals surface area (Å²) in [6.45, 7) is 19.6. The number of carbonyl (C=O) groups is 5. The van der Waals surface area contributed by atoms with Crippen LogP contribution in [0, 0.1) is 17.3 Å². The van der Waals surface area contributed by atoms with Crippen LogP contribution in [0.5, 0.6) is 5.75 Å². The Hall–Kier alpha value is -6.75. The van der Waals surface area contributed by atoms with Crippen LogP contribution < -0.4 is 20.7 Å². The van der Waals surface area contributed by atoms with Gasteiger partial charge < -0.3 is 25.4 Å². The summed E-state index contributed by atoms with van der Waals surface area (Å²) in [5.41, 5.74) is 4.88. The van der Waals surface area contributed by atoms with Crippen LogP contribution in [0.3, 0.4) is 0 Å². The molecule has 432 valence electrons. The Bertz CT molecular complexity index is 2460. The third-order valence-corrected chi connectivity index (χ3v) is 13.3. The summed E-state index contributed by atoms with van der Waals surface area (Å²) in [7, 11) is 1.70. The lowest BCUT2D eigenvalue weighted by Gasteiger charge is -2.28. The summed E-state index contributed by atoms with van der Waals surface area (Å²) >= 11 is 0. The van der Waals surface area contributed by atoms with Crippen molar-refractivity contribution < 1.29 is 33.4 Å². The Morgan fingerprint density at radius 2 is 1.09 bits per heavy atom. The number of aromatic nitrogens is 4. The highest BCUT2D eigenvalue weighted by Crippen LogP contribution is 2.26. The first-order valence-corrected chi connectivity index (χ1v) is 28.5. The third kappa shape index (κ3) is 25.1. The molecule has 4 aromatic heterocycles. The molecule has 0 bridgehead atoms. The number of benzene rings is 1. The predicted octanol–water partition coefficient (Wildman–Crippen LogP) is 9.94. The first kappa shape index (κ1) is 64.1. The lowest BCUT2D eigenvalue weighted by molar-refractivity contribution is -0.157. The van der Waals surface area contributed by atoms with Crippen LogP contribution in [-0.2, 0) is 68.0 Å². The molecule has 1 aromatic carbocycles. The number of hydrogen-bond donors (Lipinski definition) is 3. The number of Topliss-reactive ketones (excluding diaryl/α,β-unsaturated/α-hetero) is 2. The maximum atomic E-state index is 14.2. The second-order valence-electron chi connectivity index (χ2n) is 23.5. The van der Waals surface area contributed by atoms with E-state index in [4.69, 9.17) is 9.47 Å². The second-order valence-corrected chi connectivity index (χ2v) is 23.5. The first-order chi connectivity index (χ1) is 38.2.